The molecule has 4 amide bonds. The zero-order chi connectivity index (χ0) is 23.7. The van der Waals surface area contributed by atoms with Gasteiger partial charge in [0.15, 0.2) is 0 Å². The Morgan fingerprint density at radius 2 is 1.82 bits per heavy atom. The van der Waals surface area contributed by atoms with Crippen molar-refractivity contribution in [3.05, 3.63) is 86.6 Å². The van der Waals surface area contributed by atoms with Crippen molar-refractivity contribution < 1.29 is 23.7 Å². The number of anilines is 1. The van der Waals surface area contributed by atoms with Crippen LogP contribution in [0.2, 0.25) is 5.02 Å². The molecule has 1 aliphatic heterocycles. The number of aryl methyl sites for hydroxylation is 1. The van der Waals surface area contributed by atoms with Crippen molar-refractivity contribution in [2.24, 2.45) is 0 Å². The SMILES string of the molecule is CCc1ccc(N2C(=O)NC(=O)/C(=C/c3ccc(-c4cc([N+](=O)[O-])ccc4Cl)o3)C2=O)cc1. The first kappa shape index (κ1) is 22.0. The van der Waals surface area contributed by atoms with Crippen LogP contribution in [0.5, 0.6) is 0 Å². The molecular formula is C23H16ClN3O6. The van der Waals surface area contributed by atoms with Crippen molar-refractivity contribution in [2.75, 3.05) is 4.90 Å². The molecular weight excluding hydrogens is 450 g/mol. The Morgan fingerprint density at radius 3 is 2.48 bits per heavy atom. The molecule has 1 aliphatic rings. The highest BCUT2D eigenvalue weighted by atomic mass is 35.5. The van der Waals surface area contributed by atoms with E-state index in [9.17, 15) is 24.5 Å². The smallest absolute Gasteiger partial charge is 0.335 e. The van der Waals surface area contributed by atoms with Crippen LogP contribution in [0.15, 0.2) is 64.6 Å². The van der Waals surface area contributed by atoms with Crippen molar-refractivity contribution in [3.63, 3.8) is 0 Å². The number of amides is 4. The fourth-order valence-electron chi connectivity index (χ4n) is 3.31. The number of imide groups is 2. The Morgan fingerprint density at radius 1 is 1.09 bits per heavy atom. The lowest BCUT2D eigenvalue weighted by atomic mass is 10.1. The molecule has 33 heavy (non-hydrogen) atoms. The number of rotatable bonds is 5. The monoisotopic (exact) mass is 465 g/mol. The zero-order valence-electron chi connectivity index (χ0n) is 17.2. The molecule has 0 atom stereocenters. The normalized spacial score (nSPS) is 15.2. The first-order valence-electron chi connectivity index (χ1n) is 9.83. The number of nitrogens with one attached hydrogen (secondary N) is 1. The highest BCUT2D eigenvalue weighted by Gasteiger charge is 2.37. The number of furan rings is 1. The van der Waals surface area contributed by atoms with Gasteiger partial charge in [-0.1, -0.05) is 30.7 Å². The summed E-state index contributed by atoms with van der Waals surface area (Å²) in [5.41, 5.74) is 1.15. The predicted octanol–water partition coefficient (Wildman–Crippen LogP) is 4.74. The number of barbiturate groups is 1. The van der Waals surface area contributed by atoms with Gasteiger partial charge in [-0.15, -0.1) is 0 Å². The van der Waals surface area contributed by atoms with Crippen LogP contribution < -0.4 is 10.2 Å². The third-order valence-corrected chi connectivity index (χ3v) is 5.37. The number of nitro benzene ring substituents is 1. The molecule has 0 spiro atoms. The van der Waals surface area contributed by atoms with Gasteiger partial charge < -0.3 is 4.42 Å². The Bertz CT molecular complexity index is 1330. The first-order valence-corrected chi connectivity index (χ1v) is 10.2. The van der Waals surface area contributed by atoms with E-state index in [1.165, 1.54) is 36.4 Å². The maximum absolute atomic E-state index is 13.0. The summed E-state index contributed by atoms with van der Waals surface area (Å²) in [7, 11) is 0. The van der Waals surface area contributed by atoms with Gasteiger partial charge in [0.1, 0.15) is 17.1 Å². The Hall–Kier alpha value is -4.24. The fraction of sp³-hybridized carbons (Fsp3) is 0.0870. The van der Waals surface area contributed by atoms with Crippen molar-refractivity contribution in [2.45, 2.75) is 13.3 Å². The van der Waals surface area contributed by atoms with E-state index in [-0.39, 0.29) is 33.4 Å². The van der Waals surface area contributed by atoms with Crippen molar-refractivity contribution in [1.29, 1.82) is 0 Å². The van der Waals surface area contributed by atoms with E-state index in [1.807, 2.05) is 6.92 Å². The van der Waals surface area contributed by atoms with Crippen LogP contribution in [0.4, 0.5) is 16.2 Å². The molecule has 3 aromatic rings. The van der Waals surface area contributed by atoms with Crippen molar-refractivity contribution in [1.82, 2.24) is 5.32 Å². The van der Waals surface area contributed by atoms with Gasteiger partial charge in [-0.2, -0.15) is 0 Å². The number of non-ortho nitro benzene ring substituents is 1. The fourth-order valence-corrected chi connectivity index (χ4v) is 3.52. The van der Waals surface area contributed by atoms with Gasteiger partial charge in [-0.3, -0.25) is 25.0 Å². The maximum Gasteiger partial charge on any atom is 0.335 e. The number of hydrogen-bond acceptors (Lipinski definition) is 6. The largest absolute Gasteiger partial charge is 0.457 e. The summed E-state index contributed by atoms with van der Waals surface area (Å²) in [5, 5.41) is 13.4. The number of halogens is 1. The molecule has 1 N–H and O–H groups in total. The summed E-state index contributed by atoms with van der Waals surface area (Å²) in [5.74, 6) is -1.33. The second-order valence-electron chi connectivity index (χ2n) is 7.10. The third kappa shape index (κ3) is 4.26. The number of nitro groups is 1. The lowest BCUT2D eigenvalue weighted by Crippen LogP contribution is -2.54. The minimum absolute atomic E-state index is 0.127. The molecule has 1 aromatic heterocycles. The van der Waals surface area contributed by atoms with Gasteiger partial charge in [0.05, 0.1) is 15.6 Å². The molecule has 0 bridgehead atoms. The van der Waals surface area contributed by atoms with Gasteiger partial charge in [0.2, 0.25) is 0 Å². The topological polar surface area (TPSA) is 123 Å². The van der Waals surface area contributed by atoms with Crippen molar-refractivity contribution >= 4 is 46.9 Å². The summed E-state index contributed by atoms with van der Waals surface area (Å²) < 4.78 is 5.66. The summed E-state index contributed by atoms with van der Waals surface area (Å²) in [6.45, 7) is 1.98. The van der Waals surface area contributed by atoms with Gasteiger partial charge in [0.25, 0.3) is 17.5 Å². The van der Waals surface area contributed by atoms with E-state index in [4.69, 9.17) is 16.0 Å². The lowest BCUT2D eigenvalue weighted by Gasteiger charge is -2.26. The second kappa shape index (κ2) is 8.71. The predicted molar refractivity (Wildman–Crippen MR) is 121 cm³/mol. The van der Waals surface area contributed by atoms with E-state index in [2.05, 4.69) is 5.32 Å². The van der Waals surface area contributed by atoms with E-state index in [1.54, 1.807) is 24.3 Å². The van der Waals surface area contributed by atoms with Crippen LogP contribution >= 0.6 is 11.6 Å². The highest BCUT2D eigenvalue weighted by molar-refractivity contribution is 6.39. The number of benzene rings is 2. The first-order chi connectivity index (χ1) is 15.8. The van der Waals surface area contributed by atoms with Crippen molar-refractivity contribution in [3.8, 4) is 11.3 Å². The highest BCUT2D eigenvalue weighted by Crippen LogP contribution is 2.33. The molecule has 0 radical (unpaired) electrons. The number of nitrogens with zero attached hydrogens (tertiary/aromatic N) is 2. The van der Waals surface area contributed by atoms with Crippen LogP contribution in [0.1, 0.15) is 18.2 Å². The number of carbonyl (C=O) groups is 3. The molecule has 10 heteroatoms. The van der Waals surface area contributed by atoms with E-state index >= 15 is 0 Å². The van der Waals surface area contributed by atoms with Gasteiger partial charge in [-0.05, 0) is 48.4 Å². The molecule has 166 valence electrons. The minimum Gasteiger partial charge on any atom is -0.457 e. The molecule has 2 heterocycles. The maximum atomic E-state index is 13.0. The van der Waals surface area contributed by atoms with E-state index < -0.39 is 22.8 Å². The average molecular weight is 466 g/mol. The Labute approximate surface area is 192 Å². The standard InChI is InChI=1S/C23H16ClN3O6/c1-2-13-3-5-14(6-4-13)26-22(29)18(21(28)25-23(26)30)12-16-8-10-20(33-16)17-11-15(27(31)32)7-9-19(17)24/h3-12H,2H2,1H3,(H,25,28,30)/b18-12-. The molecule has 0 aliphatic carbocycles. The van der Waals surface area contributed by atoms with E-state index in [0.29, 0.717) is 5.69 Å². The molecule has 2 aromatic carbocycles. The van der Waals surface area contributed by atoms with E-state index in [0.717, 1.165) is 16.9 Å². The minimum atomic E-state index is -0.863. The molecule has 1 saturated heterocycles. The Kier molecular flexibility index (Phi) is 5.80. The molecule has 4 rings (SSSR count). The Balaban J connectivity index is 1.67. The average Bonchev–Trinajstić information content (AvgIpc) is 3.25. The van der Waals surface area contributed by atoms with Crippen LogP contribution in [-0.2, 0) is 16.0 Å². The van der Waals surface area contributed by atoms with Crippen LogP contribution in [0, 0.1) is 10.1 Å². The van der Waals surface area contributed by atoms with Gasteiger partial charge >= 0.3 is 6.03 Å². The number of carbonyl (C=O) groups excluding carboxylic acids is 3. The quantitative estimate of drug-likeness (QED) is 0.251. The van der Waals surface area contributed by atoms with Crippen LogP contribution in [-0.4, -0.2) is 22.8 Å². The summed E-state index contributed by atoms with van der Waals surface area (Å²) >= 11 is 6.15. The van der Waals surface area contributed by atoms with Crippen LogP contribution in [0.25, 0.3) is 17.4 Å². The summed E-state index contributed by atoms with van der Waals surface area (Å²) in [6.07, 6.45) is 1.99. The molecule has 9 nitrogen and oxygen atoms in total. The summed E-state index contributed by atoms with van der Waals surface area (Å²) in [4.78, 5) is 49.1. The molecule has 1 fully saturated rings. The molecule has 0 saturated carbocycles. The zero-order valence-corrected chi connectivity index (χ0v) is 18.0. The van der Waals surface area contributed by atoms with Gasteiger partial charge in [0, 0.05) is 17.7 Å². The number of urea groups is 1. The molecule has 0 unspecified atom stereocenters. The van der Waals surface area contributed by atoms with Gasteiger partial charge in [-0.25, -0.2) is 9.69 Å². The summed E-state index contributed by atoms with van der Waals surface area (Å²) in [6, 6.07) is 12.9. The second-order valence-corrected chi connectivity index (χ2v) is 7.51. The lowest BCUT2D eigenvalue weighted by molar-refractivity contribution is -0.384. The third-order valence-electron chi connectivity index (χ3n) is 5.04. The van der Waals surface area contributed by atoms with Crippen LogP contribution in [0.3, 0.4) is 0 Å². The number of hydrogen-bond donors (Lipinski definition) is 1.